The molecule has 1 aromatic heterocycles. The summed E-state index contributed by atoms with van der Waals surface area (Å²) in [6.45, 7) is 6.14. The van der Waals surface area contributed by atoms with Gasteiger partial charge in [0.1, 0.15) is 16.8 Å². The molecule has 1 atom stereocenters. The molecule has 0 aliphatic carbocycles. The van der Waals surface area contributed by atoms with Gasteiger partial charge in [0, 0.05) is 11.5 Å². The molecule has 1 heterocycles. The van der Waals surface area contributed by atoms with Crippen molar-refractivity contribution in [2.75, 3.05) is 0 Å². The van der Waals surface area contributed by atoms with Crippen molar-refractivity contribution in [3.63, 3.8) is 0 Å². The third-order valence-electron chi connectivity index (χ3n) is 4.97. The Balaban J connectivity index is 1.72. The summed E-state index contributed by atoms with van der Waals surface area (Å²) >= 11 is 0. The zero-order valence-electron chi connectivity index (χ0n) is 15.1. The van der Waals surface area contributed by atoms with Crippen LogP contribution in [0.3, 0.4) is 0 Å². The summed E-state index contributed by atoms with van der Waals surface area (Å²) in [7, 11) is 0. The Hall–Kier alpha value is -3.14. The van der Waals surface area contributed by atoms with E-state index in [1.807, 2.05) is 55.5 Å². The van der Waals surface area contributed by atoms with Gasteiger partial charge in [0.2, 0.25) is 0 Å². The number of nitrogens with zero attached hydrogens (tertiary/aromatic N) is 3. The van der Waals surface area contributed by atoms with E-state index in [1.165, 1.54) is 5.56 Å². The summed E-state index contributed by atoms with van der Waals surface area (Å²) in [5.41, 5.74) is 6.88. The maximum atomic E-state index is 10.4. The SMILES string of the molecule is Cc1cc(-n2nc3ccccc3n2)ccc1C(C)c1cccc(C)c1O. The summed E-state index contributed by atoms with van der Waals surface area (Å²) in [4.78, 5) is 1.68. The standard InChI is InChI=1S/C22H21N3O/c1-14-7-6-8-19(22(14)26)16(3)18-12-11-17(13-15(18)2)25-23-20-9-4-5-10-21(20)24-25/h4-13,16,26H,1-3H3. The molecule has 0 radical (unpaired) electrons. The van der Waals surface area contributed by atoms with Crippen molar-refractivity contribution >= 4 is 11.0 Å². The van der Waals surface area contributed by atoms with Crippen molar-refractivity contribution in [1.29, 1.82) is 0 Å². The average Bonchev–Trinajstić information content (AvgIpc) is 3.07. The predicted octanol–water partition coefficient (Wildman–Crippen LogP) is 4.89. The van der Waals surface area contributed by atoms with Gasteiger partial charge in [-0.25, -0.2) is 0 Å². The lowest BCUT2D eigenvalue weighted by Crippen LogP contribution is -2.03. The highest BCUT2D eigenvalue weighted by atomic mass is 16.3. The van der Waals surface area contributed by atoms with Crippen LogP contribution < -0.4 is 0 Å². The minimum atomic E-state index is 0.105. The Morgan fingerprint density at radius 2 is 1.50 bits per heavy atom. The van der Waals surface area contributed by atoms with E-state index in [4.69, 9.17) is 0 Å². The van der Waals surface area contributed by atoms with E-state index < -0.39 is 0 Å². The van der Waals surface area contributed by atoms with Crippen LogP contribution in [0.5, 0.6) is 5.75 Å². The van der Waals surface area contributed by atoms with Crippen LogP contribution in [-0.4, -0.2) is 20.1 Å². The van der Waals surface area contributed by atoms with Crippen molar-refractivity contribution < 1.29 is 5.11 Å². The maximum Gasteiger partial charge on any atom is 0.122 e. The molecule has 0 amide bonds. The topological polar surface area (TPSA) is 50.9 Å². The Bertz CT molecular complexity index is 1060. The van der Waals surface area contributed by atoms with Crippen LogP contribution in [0.1, 0.15) is 35.1 Å². The van der Waals surface area contributed by atoms with E-state index in [2.05, 4.69) is 36.2 Å². The lowest BCUT2D eigenvalue weighted by Gasteiger charge is -2.18. The molecule has 4 rings (SSSR count). The first kappa shape index (κ1) is 16.3. The number of hydrogen-bond acceptors (Lipinski definition) is 3. The Labute approximate surface area is 152 Å². The number of aromatic hydroxyl groups is 1. The third-order valence-corrected chi connectivity index (χ3v) is 4.97. The van der Waals surface area contributed by atoms with Crippen LogP contribution in [0.15, 0.2) is 60.7 Å². The van der Waals surface area contributed by atoms with Gasteiger partial charge < -0.3 is 5.11 Å². The monoisotopic (exact) mass is 343 g/mol. The summed E-state index contributed by atoms with van der Waals surface area (Å²) < 4.78 is 0. The van der Waals surface area contributed by atoms with Crippen molar-refractivity contribution in [2.45, 2.75) is 26.7 Å². The molecule has 0 fully saturated rings. The van der Waals surface area contributed by atoms with Gasteiger partial charge in [-0.15, -0.1) is 10.2 Å². The van der Waals surface area contributed by atoms with Crippen LogP contribution in [0, 0.1) is 13.8 Å². The van der Waals surface area contributed by atoms with Crippen molar-refractivity contribution in [2.24, 2.45) is 0 Å². The number of hydrogen-bond donors (Lipinski definition) is 1. The molecular formula is C22H21N3O. The van der Waals surface area contributed by atoms with Crippen LogP contribution in [-0.2, 0) is 0 Å². The normalized spacial score (nSPS) is 12.4. The number of aryl methyl sites for hydroxylation is 2. The first-order valence-corrected chi connectivity index (χ1v) is 8.76. The molecule has 130 valence electrons. The summed E-state index contributed by atoms with van der Waals surface area (Å²) in [5.74, 6) is 0.483. The Kier molecular flexibility index (Phi) is 3.96. The molecule has 1 N–H and O–H groups in total. The third kappa shape index (κ3) is 2.73. The van der Waals surface area contributed by atoms with E-state index in [9.17, 15) is 5.11 Å². The molecule has 3 aromatic carbocycles. The summed E-state index contributed by atoms with van der Waals surface area (Å²) in [6, 6.07) is 20.0. The van der Waals surface area contributed by atoms with Gasteiger partial charge in [0.05, 0.1) is 5.69 Å². The number of aromatic nitrogens is 3. The average molecular weight is 343 g/mol. The fourth-order valence-electron chi connectivity index (χ4n) is 3.44. The maximum absolute atomic E-state index is 10.4. The van der Waals surface area contributed by atoms with Crippen LogP contribution in [0.25, 0.3) is 16.7 Å². The quantitative estimate of drug-likeness (QED) is 0.576. The first-order chi connectivity index (χ1) is 12.5. The fourth-order valence-corrected chi connectivity index (χ4v) is 3.44. The highest BCUT2D eigenvalue weighted by Crippen LogP contribution is 2.34. The molecule has 4 heteroatoms. The molecule has 0 aliphatic rings. The van der Waals surface area contributed by atoms with E-state index in [0.29, 0.717) is 5.75 Å². The highest BCUT2D eigenvalue weighted by Gasteiger charge is 2.16. The summed E-state index contributed by atoms with van der Waals surface area (Å²) in [6.07, 6.45) is 0. The molecule has 1 unspecified atom stereocenters. The van der Waals surface area contributed by atoms with E-state index >= 15 is 0 Å². The van der Waals surface area contributed by atoms with Gasteiger partial charge in [-0.05, 0) is 54.8 Å². The predicted molar refractivity (Wildman–Crippen MR) is 104 cm³/mol. The number of benzene rings is 3. The molecule has 0 spiro atoms. The lowest BCUT2D eigenvalue weighted by molar-refractivity contribution is 0.462. The van der Waals surface area contributed by atoms with Crippen molar-refractivity contribution in [3.8, 4) is 11.4 Å². The van der Waals surface area contributed by atoms with Gasteiger partial charge in [-0.1, -0.05) is 43.3 Å². The van der Waals surface area contributed by atoms with E-state index in [-0.39, 0.29) is 5.92 Å². The number of phenolic OH excluding ortho intramolecular Hbond substituents is 1. The molecule has 0 bridgehead atoms. The molecule has 0 saturated heterocycles. The molecule has 0 aliphatic heterocycles. The second kappa shape index (κ2) is 6.30. The number of rotatable bonds is 3. The number of para-hydroxylation sites is 1. The molecule has 4 aromatic rings. The zero-order chi connectivity index (χ0) is 18.3. The lowest BCUT2D eigenvalue weighted by atomic mass is 9.88. The minimum absolute atomic E-state index is 0.105. The van der Waals surface area contributed by atoms with Crippen molar-refractivity contribution in [3.05, 3.63) is 82.9 Å². The van der Waals surface area contributed by atoms with Gasteiger partial charge in [-0.2, -0.15) is 4.80 Å². The number of phenols is 1. The molecule has 26 heavy (non-hydrogen) atoms. The molecular weight excluding hydrogens is 322 g/mol. The minimum Gasteiger partial charge on any atom is -0.507 e. The van der Waals surface area contributed by atoms with E-state index in [0.717, 1.165) is 33.4 Å². The molecule has 4 nitrogen and oxygen atoms in total. The second-order valence-corrected chi connectivity index (χ2v) is 6.75. The first-order valence-electron chi connectivity index (χ1n) is 8.76. The summed E-state index contributed by atoms with van der Waals surface area (Å²) in [5, 5.41) is 19.5. The Morgan fingerprint density at radius 1 is 0.808 bits per heavy atom. The van der Waals surface area contributed by atoms with Gasteiger partial charge in [0.15, 0.2) is 0 Å². The molecule has 0 saturated carbocycles. The van der Waals surface area contributed by atoms with Gasteiger partial charge >= 0.3 is 0 Å². The van der Waals surface area contributed by atoms with Crippen LogP contribution in [0.2, 0.25) is 0 Å². The van der Waals surface area contributed by atoms with Crippen LogP contribution >= 0.6 is 0 Å². The van der Waals surface area contributed by atoms with E-state index in [1.54, 1.807) is 4.80 Å². The van der Waals surface area contributed by atoms with Gasteiger partial charge in [-0.3, -0.25) is 0 Å². The largest absolute Gasteiger partial charge is 0.507 e. The van der Waals surface area contributed by atoms with Crippen molar-refractivity contribution in [1.82, 2.24) is 15.0 Å². The smallest absolute Gasteiger partial charge is 0.122 e. The van der Waals surface area contributed by atoms with Crippen LogP contribution in [0.4, 0.5) is 0 Å². The number of fused-ring (bicyclic) bond motifs is 1. The Morgan fingerprint density at radius 3 is 2.15 bits per heavy atom. The second-order valence-electron chi connectivity index (χ2n) is 6.75. The zero-order valence-corrected chi connectivity index (χ0v) is 15.1. The highest BCUT2D eigenvalue weighted by molar-refractivity contribution is 5.73. The fraction of sp³-hybridized carbons (Fsp3) is 0.182. The van der Waals surface area contributed by atoms with Gasteiger partial charge in [0.25, 0.3) is 0 Å².